The Morgan fingerprint density at radius 2 is 2.07 bits per heavy atom. The Labute approximate surface area is 85.0 Å². The van der Waals surface area contributed by atoms with Gasteiger partial charge in [-0.15, -0.1) is 0 Å². The van der Waals surface area contributed by atoms with Gasteiger partial charge in [0.15, 0.2) is 0 Å². The van der Waals surface area contributed by atoms with E-state index >= 15 is 0 Å². The molecule has 0 heterocycles. The van der Waals surface area contributed by atoms with E-state index in [1.54, 1.807) is 7.11 Å². The van der Waals surface area contributed by atoms with E-state index in [0.29, 0.717) is 6.61 Å². The first-order valence-electron chi connectivity index (χ1n) is 4.79. The molecule has 0 fully saturated rings. The van der Waals surface area contributed by atoms with E-state index in [1.165, 1.54) is 0 Å². The molecule has 0 spiro atoms. The van der Waals surface area contributed by atoms with Crippen molar-refractivity contribution < 1.29 is 9.57 Å². The number of methoxy groups -OCH3 is 1. The largest absolute Gasteiger partial charge is 0.496 e. The van der Waals surface area contributed by atoms with Gasteiger partial charge in [-0.05, 0) is 19.9 Å². The van der Waals surface area contributed by atoms with Crippen LogP contribution in [-0.2, 0) is 4.84 Å². The molecular formula is C11H17NO2. The highest BCUT2D eigenvalue weighted by molar-refractivity contribution is 5.35. The Kier molecular flexibility index (Phi) is 4.43. The van der Waals surface area contributed by atoms with Gasteiger partial charge in [-0.3, -0.25) is 0 Å². The van der Waals surface area contributed by atoms with Crippen LogP contribution in [0.1, 0.15) is 25.5 Å². The summed E-state index contributed by atoms with van der Waals surface area (Å²) in [6.07, 6.45) is 0. The number of para-hydroxylation sites is 1. The molecule has 1 N–H and O–H groups in total. The Hall–Kier alpha value is -1.06. The summed E-state index contributed by atoms with van der Waals surface area (Å²) in [6.45, 7) is 4.63. The fraction of sp³-hybridized carbons (Fsp3) is 0.455. The van der Waals surface area contributed by atoms with Gasteiger partial charge in [-0.25, -0.2) is 0 Å². The molecule has 3 heteroatoms. The second-order valence-corrected chi connectivity index (χ2v) is 3.01. The summed E-state index contributed by atoms with van der Waals surface area (Å²) in [5.74, 6) is 0.882. The average molecular weight is 195 g/mol. The highest BCUT2D eigenvalue weighted by Gasteiger charge is 2.09. The molecule has 0 bridgehead atoms. The zero-order chi connectivity index (χ0) is 10.4. The van der Waals surface area contributed by atoms with Gasteiger partial charge in [0.25, 0.3) is 0 Å². The number of rotatable bonds is 5. The van der Waals surface area contributed by atoms with Gasteiger partial charge in [0.05, 0.1) is 19.8 Å². The average Bonchev–Trinajstić information content (AvgIpc) is 2.25. The molecule has 78 valence electrons. The Balaban J connectivity index is 2.72. The Bertz CT molecular complexity index is 276. The molecule has 0 aliphatic carbocycles. The predicted molar refractivity (Wildman–Crippen MR) is 56.2 cm³/mol. The standard InChI is InChI=1S/C11H17NO2/c1-4-14-12-9(2)10-7-5-6-8-11(10)13-3/h5-9,12H,4H2,1-3H3/t9-/m1/s1. The predicted octanol–water partition coefficient (Wildman–Crippen LogP) is 2.30. The van der Waals surface area contributed by atoms with Crippen molar-refractivity contribution in [2.24, 2.45) is 0 Å². The summed E-state index contributed by atoms with van der Waals surface area (Å²) >= 11 is 0. The molecule has 14 heavy (non-hydrogen) atoms. The molecule has 0 aliphatic heterocycles. The number of benzene rings is 1. The van der Waals surface area contributed by atoms with Gasteiger partial charge in [0.2, 0.25) is 0 Å². The third kappa shape index (κ3) is 2.72. The van der Waals surface area contributed by atoms with E-state index in [4.69, 9.17) is 9.57 Å². The second-order valence-electron chi connectivity index (χ2n) is 3.01. The lowest BCUT2D eigenvalue weighted by atomic mass is 10.1. The van der Waals surface area contributed by atoms with Crippen LogP contribution in [-0.4, -0.2) is 13.7 Å². The first-order valence-corrected chi connectivity index (χ1v) is 4.79. The van der Waals surface area contributed by atoms with Gasteiger partial charge in [-0.1, -0.05) is 18.2 Å². The quantitative estimate of drug-likeness (QED) is 0.731. The minimum absolute atomic E-state index is 0.131. The van der Waals surface area contributed by atoms with Gasteiger partial charge >= 0.3 is 0 Å². The smallest absolute Gasteiger partial charge is 0.123 e. The zero-order valence-corrected chi connectivity index (χ0v) is 8.91. The third-order valence-corrected chi connectivity index (χ3v) is 2.01. The first-order chi connectivity index (χ1) is 6.79. The molecule has 0 aromatic heterocycles. The summed E-state index contributed by atoms with van der Waals surface area (Å²) in [4.78, 5) is 5.14. The van der Waals surface area contributed by atoms with Crippen LogP contribution >= 0.6 is 0 Å². The first kappa shape index (κ1) is 11.0. The Morgan fingerprint density at radius 1 is 1.36 bits per heavy atom. The molecule has 1 aromatic rings. The maximum absolute atomic E-state index is 5.25. The van der Waals surface area contributed by atoms with E-state index in [9.17, 15) is 0 Å². The molecule has 0 saturated carbocycles. The maximum Gasteiger partial charge on any atom is 0.123 e. The van der Waals surface area contributed by atoms with Crippen molar-refractivity contribution in [3.8, 4) is 5.75 Å². The molecule has 0 aliphatic rings. The van der Waals surface area contributed by atoms with Crippen LogP contribution in [0, 0.1) is 0 Å². The number of hydrogen-bond acceptors (Lipinski definition) is 3. The van der Waals surface area contributed by atoms with Crippen molar-refractivity contribution in [3.63, 3.8) is 0 Å². The van der Waals surface area contributed by atoms with Crippen molar-refractivity contribution in [3.05, 3.63) is 29.8 Å². The number of hydrogen-bond donors (Lipinski definition) is 1. The van der Waals surface area contributed by atoms with Crippen LogP contribution in [0.2, 0.25) is 0 Å². The van der Waals surface area contributed by atoms with Crippen LogP contribution in [0.3, 0.4) is 0 Å². The van der Waals surface area contributed by atoms with Crippen molar-refractivity contribution in [2.75, 3.05) is 13.7 Å². The lowest BCUT2D eigenvalue weighted by Crippen LogP contribution is -2.19. The van der Waals surface area contributed by atoms with Crippen LogP contribution in [0.15, 0.2) is 24.3 Å². The van der Waals surface area contributed by atoms with Crippen molar-refractivity contribution >= 4 is 0 Å². The van der Waals surface area contributed by atoms with Crippen molar-refractivity contribution in [1.82, 2.24) is 5.48 Å². The van der Waals surface area contributed by atoms with E-state index in [1.807, 2.05) is 38.1 Å². The fourth-order valence-electron chi connectivity index (χ4n) is 1.30. The van der Waals surface area contributed by atoms with Gasteiger partial charge in [-0.2, -0.15) is 5.48 Å². The maximum atomic E-state index is 5.25. The molecular weight excluding hydrogens is 178 g/mol. The van der Waals surface area contributed by atoms with Crippen LogP contribution in [0.5, 0.6) is 5.75 Å². The topological polar surface area (TPSA) is 30.5 Å². The number of ether oxygens (including phenoxy) is 1. The highest BCUT2D eigenvalue weighted by Crippen LogP contribution is 2.23. The lowest BCUT2D eigenvalue weighted by molar-refractivity contribution is 0.0279. The fourth-order valence-corrected chi connectivity index (χ4v) is 1.30. The number of hydroxylamine groups is 1. The molecule has 0 saturated heterocycles. The van der Waals surface area contributed by atoms with Crippen LogP contribution in [0.4, 0.5) is 0 Å². The molecule has 1 atom stereocenters. The van der Waals surface area contributed by atoms with Crippen molar-refractivity contribution in [2.45, 2.75) is 19.9 Å². The van der Waals surface area contributed by atoms with Crippen molar-refractivity contribution in [1.29, 1.82) is 0 Å². The minimum atomic E-state index is 0.131. The van der Waals surface area contributed by atoms with Gasteiger partial charge in [0, 0.05) is 5.56 Å². The molecule has 1 aromatic carbocycles. The Morgan fingerprint density at radius 3 is 2.71 bits per heavy atom. The van der Waals surface area contributed by atoms with Crippen LogP contribution < -0.4 is 10.2 Å². The number of nitrogens with one attached hydrogen (secondary N) is 1. The van der Waals surface area contributed by atoms with E-state index in [0.717, 1.165) is 11.3 Å². The van der Waals surface area contributed by atoms with Gasteiger partial charge in [0.1, 0.15) is 5.75 Å². The monoisotopic (exact) mass is 195 g/mol. The molecule has 0 unspecified atom stereocenters. The second kappa shape index (κ2) is 5.62. The molecule has 0 radical (unpaired) electrons. The molecule has 3 nitrogen and oxygen atoms in total. The summed E-state index contributed by atoms with van der Waals surface area (Å²) in [7, 11) is 1.67. The van der Waals surface area contributed by atoms with E-state index in [-0.39, 0.29) is 6.04 Å². The van der Waals surface area contributed by atoms with Gasteiger partial charge < -0.3 is 9.57 Å². The summed E-state index contributed by atoms with van der Waals surface area (Å²) in [5.41, 5.74) is 4.04. The normalized spacial score (nSPS) is 12.5. The van der Waals surface area contributed by atoms with Crippen LogP contribution in [0.25, 0.3) is 0 Å². The van der Waals surface area contributed by atoms with E-state index in [2.05, 4.69) is 5.48 Å². The minimum Gasteiger partial charge on any atom is -0.496 e. The molecule has 0 amide bonds. The highest BCUT2D eigenvalue weighted by atomic mass is 16.6. The lowest BCUT2D eigenvalue weighted by Gasteiger charge is -2.16. The summed E-state index contributed by atoms with van der Waals surface area (Å²) in [6, 6.07) is 8.04. The van der Waals surface area contributed by atoms with E-state index < -0.39 is 0 Å². The summed E-state index contributed by atoms with van der Waals surface area (Å²) < 4.78 is 5.25. The zero-order valence-electron chi connectivity index (χ0n) is 8.91. The molecule has 1 rings (SSSR count). The third-order valence-electron chi connectivity index (χ3n) is 2.01. The SMILES string of the molecule is CCON[C@H](C)c1ccccc1OC. The summed E-state index contributed by atoms with van der Waals surface area (Å²) in [5, 5.41) is 0.